The van der Waals surface area contributed by atoms with E-state index < -0.39 is 0 Å². The lowest BCUT2D eigenvalue weighted by atomic mass is 10.2. The average molecular weight is 213 g/mol. The van der Waals surface area contributed by atoms with E-state index in [4.69, 9.17) is 0 Å². The maximum absolute atomic E-state index is 11.6. The van der Waals surface area contributed by atoms with E-state index in [0.717, 1.165) is 39.1 Å². The van der Waals surface area contributed by atoms with Gasteiger partial charge in [0.1, 0.15) is 0 Å². The number of rotatable bonds is 5. The fraction of sp³-hybridized carbons (Fsp3) is 0.800. The zero-order chi connectivity index (χ0) is 11.1. The third-order valence-electron chi connectivity index (χ3n) is 3.06. The van der Waals surface area contributed by atoms with Crippen molar-refractivity contribution in [1.82, 2.24) is 10.6 Å². The van der Waals surface area contributed by atoms with E-state index in [2.05, 4.69) is 10.6 Å². The van der Waals surface area contributed by atoms with Gasteiger partial charge in [-0.2, -0.15) is 0 Å². The molecule has 0 unspecified atom stereocenters. The van der Waals surface area contributed by atoms with Gasteiger partial charge in [-0.05, 0) is 0 Å². The lowest BCUT2D eigenvalue weighted by Crippen LogP contribution is -2.61. The Balaban J connectivity index is 2.42. The number of nitrogens with zero attached hydrogens (tertiary/aromatic N) is 1. The number of amides is 2. The van der Waals surface area contributed by atoms with Crippen LogP contribution in [-0.4, -0.2) is 56.1 Å². The SMILES string of the molecule is CC(=O)[N+]1(CCCN[C]=O)CCNCC1. The molecule has 1 fully saturated rings. The molecule has 0 aliphatic carbocycles. The molecule has 5 nitrogen and oxygen atoms in total. The van der Waals surface area contributed by atoms with Crippen LogP contribution in [-0.2, 0) is 9.59 Å². The lowest BCUT2D eigenvalue weighted by molar-refractivity contribution is -0.856. The van der Waals surface area contributed by atoms with Crippen molar-refractivity contribution in [1.29, 1.82) is 0 Å². The van der Waals surface area contributed by atoms with Crippen molar-refractivity contribution in [2.45, 2.75) is 13.3 Å². The third kappa shape index (κ3) is 3.28. The van der Waals surface area contributed by atoms with Crippen molar-refractivity contribution in [3.8, 4) is 0 Å². The minimum Gasteiger partial charge on any atom is -0.348 e. The van der Waals surface area contributed by atoms with Gasteiger partial charge in [0.2, 0.25) is 0 Å². The summed E-state index contributed by atoms with van der Waals surface area (Å²) in [5.41, 5.74) is 0. The molecule has 0 saturated carbocycles. The van der Waals surface area contributed by atoms with E-state index in [9.17, 15) is 9.59 Å². The van der Waals surface area contributed by atoms with Crippen LogP contribution in [0.4, 0.5) is 0 Å². The minimum atomic E-state index is 0.228. The van der Waals surface area contributed by atoms with Crippen LogP contribution in [0.5, 0.6) is 0 Å². The van der Waals surface area contributed by atoms with Crippen molar-refractivity contribution in [3.63, 3.8) is 0 Å². The van der Waals surface area contributed by atoms with Crippen LogP contribution in [0.3, 0.4) is 0 Å². The summed E-state index contributed by atoms with van der Waals surface area (Å²) in [5.74, 6) is 0.228. The highest BCUT2D eigenvalue weighted by molar-refractivity contribution is 5.65. The molecule has 85 valence electrons. The van der Waals surface area contributed by atoms with E-state index in [1.54, 1.807) is 13.3 Å². The van der Waals surface area contributed by atoms with Gasteiger partial charge >= 0.3 is 12.3 Å². The average Bonchev–Trinajstić information content (AvgIpc) is 2.26. The standard InChI is InChI=1S/C10H19N3O2/c1-10(15)13(6-2-3-12-9-14)7-4-11-5-8-13/h11H,2-8H2,1H3,(H,12,14)/q+1. The Morgan fingerprint density at radius 2 is 2.13 bits per heavy atom. The first-order valence-electron chi connectivity index (χ1n) is 5.39. The van der Waals surface area contributed by atoms with E-state index in [-0.39, 0.29) is 5.91 Å². The fourth-order valence-electron chi connectivity index (χ4n) is 2.04. The molecule has 1 heterocycles. The smallest absolute Gasteiger partial charge is 0.310 e. The highest BCUT2D eigenvalue weighted by atomic mass is 16.2. The highest BCUT2D eigenvalue weighted by Crippen LogP contribution is 2.10. The number of quaternary nitrogens is 1. The zero-order valence-corrected chi connectivity index (χ0v) is 9.21. The summed E-state index contributed by atoms with van der Waals surface area (Å²) in [7, 11) is 0. The molecule has 0 aromatic rings. The van der Waals surface area contributed by atoms with Gasteiger partial charge in [-0.3, -0.25) is 9.28 Å². The van der Waals surface area contributed by atoms with Crippen LogP contribution >= 0.6 is 0 Å². The second kappa shape index (κ2) is 5.82. The Labute approximate surface area is 90.4 Å². The number of carbonyl (C=O) groups is 1. The lowest BCUT2D eigenvalue weighted by Gasteiger charge is -2.38. The van der Waals surface area contributed by atoms with Gasteiger partial charge in [0.15, 0.2) is 0 Å². The second-order valence-corrected chi connectivity index (χ2v) is 3.97. The van der Waals surface area contributed by atoms with E-state index in [0.29, 0.717) is 11.0 Å². The molecule has 1 aliphatic heterocycles. The zero-order valence-electron chi connectivity index (χ0n) is 9.21. The molecule has 1 saturated heterocycles. The molecule has 1 aliphatic rings. The topological polar surface area (TPSA) is 58.2 Å². The Bertz CT molecular complexity index is 225. The molecule has 0 aromatic heterocycles. The van der Waals surface area contributed by atoms with Crippen molar-refractivity contribution in [2.75, 3.05) is 39.3 Å². The first-order chi connectivity index (χ1) is 7.21. The molecule has 1 rings (SSSR count). The number of nitrogens with one attached hydrogen (secondary N) is 2. The van der Waals surface area contributed by atoms with Gasteiger partial charge in [0.25, 0.3) is 0 Å². The van der Waals surface area contributed by atoms with Gasteiger partial charge < -0.3 is 10.6 Å². The molecule has 2 amide bonds. The Hall–Kier alpha value is -0.940. The maximum Gasteiger partial charge on any atom is 0.310 e. The predicted octanol–water partition coefficient (Wildman–Crippen LogP) is -1.00. The monoisotopic (exact) mass is 213 g/mol. The maximum atomic E-state index is 11.6. The van der Waals surface area contributed by atoms with E-state index in [1.807, 2.05) is 0 Å². The normalized spacial score (nSPS) is 19.5. The van der Waals surface area contributed by atoms with Crippen molar-refractivity contribution in [2.24, 2.45) is 0 Å². The van der Waals surface area contributed by atoms with Crippen LogP contribution in [0, 0.1) is 0 Å². The summed E-state index contributed by atoms with van der Waals surface area (Å²) in [6, 6.07) is 0. The van der Waals surface area contributed by atoms with Gasteiger partial charge in [-0.25, -0.2) is 4.79 Å². The first kappa shape index (κ1) is 12.1. The number of hydrogen-bond donors (Lipinski definition) is 2. The van der Waals surface area contributed by atoms with Crippen LogP contribution in [0.15, 0.2) is 0 Å². The Kier molecular flexibility index (Phi) is 4.71. The fourth-order valence-corrected chi connectivity index (χ4v) is 2.04. The summed E-state index contributed by atoms with van der Waals surface area (Å²) < 4.78 is 0.549. The number of piperazine rings is 1. The van der Waals surface area contributed by atoms with Crippen LogP contribution in [0.25, 0.3) is 0 Å². The minimum absolute atomic E-state index is 0.228. The number of hydrogen-bond acceptors (Lipinski definition) is 3. The highest BCUT2D eigenvalue weighted by Gasteiger charge is 2.34. The molecule has 15 heavy (non-hydrogen) atoms. The molecule has 0 aromatic carbocycles. The van der Waals surface area contributed by atoms with Crippen LogP contribution in [0.1, 0.15) is 13.3 Å². The van der Waals surface area contributed by atoms with Crippen LogP contribution < -0.4 is 10.6 Å². The summed E-state index contributed by atoms with van der Waals surface area (Å²) in [6.07, 6.45) is 2.47. The molecular formula is C10H19N3O2+. The van der Waals surface area contributed by atoms with Crippen molar-refractivity contribution >= 4 is 12.3 Å². The van der Waals surface area contributed by atoms with Gasteiger partial charge in [0.05, 0.1) is 26.6 Å². The Morgan fingerprint density at radius 1 is 1.47 bits per heavy atom. The summed E-state index contributed by atoms with van der Waals surface area (Å²) in [6.45, 7) is 6.58. The molecule has 2 N–H and O–H groups in total. The summed E-state index contributed by atoms with van der Waals surface area (Å²) >= 11 is 0. The van der Waals surface area contributed by atoms with Crippen molar-refractivity contribution in [3.05, 3.63) is 0 Å². The van der Waals surface area contributed by atoms with Crippen molar-refractivity contribution < 1.29 is 14.1 Å². The van der Waals surface area contributed by atoms with Gasteiger partial charge in [-0.1, -0.05) is 0 Å². The molecule has 0 atom stereocenters. The predicted molar refractivity (Wildman–Crippen MR) is 56.7 cm³/mol. The second-order valence-electron chi connectivity index (χ2n) is 3.97. The summed E-state index contributed by atoms with van der Waals surface area (Å²) in [5, 5.41) is 5.75. The molecule has 1 radical (unpaired) electrons. The quantitative estimate of drug-likeness (QED) is 0.350. The largest absolute Gasteiger partial charge is 0.348 e. The first-order valence-corrected chi connectivity index (χ1v) is 5.39. The Morgan fingerprint density at radius 3 is 2.67 bits per heavy atom. The molecule has 5 heteroatoms. The molecule has 0 bridgehead atoms. The molecule has 0 spiro atoms. The van der Waals surface area contributed by atoms with Crippen LogP contribution in [0.2, 0.25) is 0 Å². The van der Waals surface area contributed by atoms with Gasteiger partial charge in [0, 0.05) is 26.1 Å². The third-order valence-corrected chi connectivity index (χ3v) is 3.06. The summed E-state index contributed by atoms with van der Waals surface area (Å²) in [4.78, 5) is 21.6. The molecular weight excluding hydrogens is 194 g/mol. The van der Waals surface area contributed by atoms with E-state index >= 15 is 0 Å². The number of carbonyl (C=O) groups excluding carboxylic acids is 2. The van der Waals surface area contributed by atoms with E-state index in [1.165, 1.54) is 0 Å². The van der Waals surface area contributed by atoms with Gasteiger partial charge in [-0.15, -0.1) is 0 Å².